The van der Waals surface area contributed by atoms with E-state index in [1.165, 1.54) is 0 Å². The fourth-order valence-corrected chi connectivity index (χ4v) is 3.51. The molecule has 0 radical (unpaired) electrons. The number of aliphatic hydroxyl groups is 1. The minimum absolute atomic E-state index is 0.150. The highest BCUT2D eigenvalue weighted by Gasteiger charge is 2.17. The van der Waals surface area contributed by atoms with E-state index in [1.807, 2.05) is 6.92 Å². The molecule has 0 spiro atoms. The molecule has 0 heterocycles. The Hall–Kier alpha value is -0.910. The van der Waals surface area contributed by atoms with E-state index in [0.717, 1.165) is 31.2 Å². The molecular formula is C15H25NO3S. The van der Waals surface area contributed by atoms with E-state index in [4.69, 9.17) is 5.11 Å². The van der Waals surface area contributed by atoms with Gasteiger partial charge in [0.1, 0.15) is 0 Å². The summed E-state index contributed by atoms with van der Waals surface area (Å²) in [5.41, 5.74) is 1.40. The first-order valence-corrected chi connectivity index (χ1v) is 8.75. The number of aliphatic hydroxyl groups excluding tert-OH is 1. The number of sulfonamides is 1. The molecular weight excluding hydrogens is 274 g/mol. The first-order valence-electron chi connectivity index (χ1n) is 7.27. The third kappa shape index (κ3) is 4.89. The zero-order valence-electron chi connectivity index (χ0n) is 12.4. The van der Waals surface area contributed by atoms with Gasteiger partial charge in [0.05, 0.1) is 11.5 Å². The molecule has 1 rings (SSSR count). The first kappa shape index (κ1) is 17.1. The molecule has 1 aromatic carbocycles. The van der Waals surface area contributed by atoms with Crippen molar-refractivity contribution in [1.29, 1.82) is 0 Å². The summed E-state index contributed by atoms with van der Waals surface area (Å²) >= 11 is 0. The van der Waals surface area contributed by atoms with Crippen LogP contribution >= 0.6 is 0 Å². The summed E-state index contributed by atoms with van der Waals surface area (Å²) in [6.07, 6.45) is 4.80. The van der Waals surface area contributed by atoms with Crippen LogP contribution in [0.2, 0.25) is 0 Å². The Labute approximate surface area is 122 Å². The summed E-state index contributed by atoms with van der Waals surface area (Å²) in [6, 6.07) is 5.10. The average molecular weight is 299 g/mol. The molecule has 114 valence electrons. The lowest BCUT2D eigenvalue weighted by Gasteiger charge is -2.12. The summed E-state index contributed by atoms with van der Waals surface area (Å²) in [7, 11) is -3.48. The van der Waals surface area contributed by atoms with E-state index in [-0.39, 0.29) is 6.61 Å². The van der Waals surface area contributed by atoms with Gasteiger partial charge in [-0.2, -0.15) is 0 Å². The van der Waals surface area contributed by atoms with Crippen LogP contribution in [0.25, 0.3) is 0 Å². The van der Waals surface area contributed by atoms with Gasteiger partial charge in [-0.05, 0) is 30.0 Å². The van der Waals surface area contributed by atoms with Gasteiger partial charge in [0.25, 0.3) is 0 Å². The van der Waals surface area contributed by atoms with E-state index < -0.39 is 10.0 Å². The summed E-state index contributed by atoms with van der Waals surface area (Å²) in [5, 5.41) is 9.15. The number of hydrogen-bond donors (Lipinski definition) is 2. The van der Waals surface area contributed by atoms with Gasteiger partial charge in [-0.1, -0.05) is 45.2 Å². The molecule has 2 N–H and O–H groups in total. The standard InChI is InChI=1S/C15H25NO3S/c1-3-5-6-7-10-16-20(18,19)15-11-13(12-17)8-9-14(15)4-2/h8-9,11,16-17H,3-7,10,12H2,1-2H3. The van der Waals surface area contributed by atoms with E-state index in [1.54, 1.807) is 18.2 Å². The third-order valence-corrected chi connectivity index (χ3v) is 4.85. The highest BCUT2D eigenvalue weighted by molar-refractivity contribution is 7.89. The molecule has 0 aromatic heterocycles. The molecule has 4 nitrogen and oxygen atoms in total. The minimum Gasteiger partial charge on any atom is -0.392 e. The van der Waals surface area contributed by atoms with Crippen LogP contribution in [0.1, 0.15) is 50.7 Å². The fraction of sp³-hybridized carbons (Fsp3) is 0.600. The molecule has 0 fully saturated rings. The van der Waals surface area contributed by atoms with Crippen LogP contribution < -0.4 is 4.72 Å². The molecule has 0 aliphatic heterocycles. The lowest BCUT2D eigenvalue weighted by molar-refractivity contribution is 0.281. The molecule has 0 atom stereocenters. The topological polar surface area (TPSA) is 66.4 Å². The van der Waals surface area contributed by atoms with Gasteiger partial charge >= 0.3 is 0 Å². The van der Waals surface area contributed by atoms with Gasteiger partial charge in [-0.25, -0.2) is 13.1 Å². The Morgan fingerprint density at radius 2 is 1.90 bits per heavy atom. The van der Waals surface area contributed by atoms with Gasteiger partial charge < -0.3 is 5.11 Å². The largest absolute Gasteiger partial charge is 0.392 e. The Morgan fingerprint density at radius 1 is 1.15 bits per heavy atom. The van der Waals surface area contributed by atoms with Gasteiger partial charge in [0.15, 0.2) is 0 Å². The van der Waals surface area contributed by atoms with E-state index in [2.05, 4.69) is 11.6 Å². The van der Waals surface area contributed by atoms with Crippen molar-refractivity contribution in [2.45, 2.75) is 57.5 Å². The van der Waals surface area contributed by atoms with Crippen molar-refractivity contribution >= 4 is 10.0 Å². The first-order chi connectivity index (χ1) is 9.55. The van der Waals surface area contributed by atoms with Crippen molar-refractivity contribution in [2.24, 2.45) is 0 Å². The van der Waals surface area contributed by atoms with Crippen molar-refractivity contribution in [3.8, 4) is 0 Å². The Bertz CT molecular complexity index is 512. The maximum absolute atomic E-state index is 12.3. The zero-order valence-corrected chi connectivity index (χ0v) is 13.2. The number of rotatable bonds is 9. The molecule has 0 amide bonds. The molecule has 1 aromatic rings. The summed E-state index contributed by atoms with van der Waals surface area (Å²) < 4.78 is 27.3. The molecule has 0 saturated heterocycles. The predicted octanol–water partition coefficient (Wildman–Crippen LogP) is 2.60. The maximum atomic E-state index is 12.3. The molecule has 5 heteroatoms. The Morgan fingerprint density at radius 3 is 2.50 bits per heavy atom. The second-order valence-electron chi connectivity index (χ2n) is 4.91. The second kappa shape index (κ2) is 8.39. The summed E-state index contributed by atoms with van der Waals surface area (Å²) in [5.74, 6) is 0. The van der Waals surface area contributed by atoms with E-state index >= 15 is 0 Å². The average Bonchev–Trinajstić information content (AvgIpc) is 2.46. The molecule has 0 aliphatic rings. The van der Waals surface area contributed by atoms with E-state index in [9.17, 15) is 8.42 Å². The number of unbranched alkanes of at least 4 members (excludes halogenated alkanes) is 3. The van der Waals surface area contributed by atoms with Gasteiger partial charge in [0.2, 0.25) is 10.0 Å². The van der Waals surface area contributed by atoms with Crippen LogP contribution in [-0.4, -0.2) is 20.1 Å². The maximum Gasteiger partial charge on any atom is 0.240 e. The fourth-order valence-electron chi connectivity index (χ4n) is 2.08. The number of aryl methyl sites for hydroxylation is 1. The third-order valence-electron chi connectivity index (χ3n) is 3.31. The smallest absolute Gasteiger partial charge is 0.240 e. The van der Waals surface area contributed by atoms with Crippen LogP contribution in [0, 0.1) is 0 Å². The zero-order chi connectivity index (χ0) is 15.0. The molecule has 20 heavy (non-hydrogen) atoms. The predicted molar refractivity (Wildman–Crippen MR) is 81.1 cm³/mol. The minimum atomic E-state index is -3.48. The molecule has 0 aliphatic carbocycles. The van der Waals surface area contributed by atoms with Crippen molar-refractivity contribution in [3.05, 3.63) is 29.3 Å². The van der Waals surface area contributed by atoms with Crippen molar-refractivity contribution < 1.29 is 13.5 Å². The second-order valence-corrected chi connectivity index (χ2v) is 6.65. The van der Waals surface area contributed by atoms with Crippen LogP contribution in [0.15, 0.2) is 23.1 Å². The van der Waals surface area contributed by atoms with E-state index in [0.29, 0.717) is 23.4 Å². The van der Waals surface area contributed by atoms with Gasteiger partial charge in [0, 0.05) is 6.54 Å². The van der Waals surface area contributed by atoms with Crippen molar-refractivity contribution in [1.82, 2.24) is 4.72 Å². The summed E-state index contributed by atoms with van der Waals surface area (Å²) in [4.78, 5) is 0.294. The Kier molecular flexibility index (Phi) is 7.19. The lowest BCUT2D eigenvalue weighted by Crippen LogP contribution is -2.26. The van der Waals surface area contributed by atoms with Gasteiger partial charge in [-0.15, -0.1) is 0 Å². The highest BCUT2D eigenvalue weighted by Crippen LogP contribution is 2.18. The molecule has 0 saturated carbocycles. The highest BCUT2D eigenvalue weighted by atomic mass is 32.2. The Balaban J connectivity index is 2.80. The van der Waals surface area contributed by atoms with Crippen LogP contribution in [0.3, 0.4) is 0 Å². The van der Waals surface area contributed by atoms with Gasteiger partial charge in [-0.3, -0.25) is 0 Å². The van der Waals surface area contributed by atoms with Crippen molar-refractivity contribution in [2.75, 3.05) is 6.54 Å². The molecule has 0 bridgehead atoms. The van der Waals surface area contributed by atoms with Crippen LogP contribution in [0.4, 0.5) is 0 Å². The molecule has 0 unspecified atom stereocenters. The number of benzene rings is 1. The lowest BCUT2D eigenvalue weighted by atomic mass is 10.1. The quantitative estimate of drug-likeness (QED) is 0.689. The monoisotopic (exact) mass is 299 g/mol. The van der Waals surface area contributed by atoms with Crippen LogP contribution in [-0.2, 0) is 23.1 Å². The number of nitrogens with one attached hydrogen (secondary N) is 1. The number of hydrogen-bond acceptors (Lipinski definition) is 3. The normalized spacial score (nSPS) is 11.8. The van der Waals surface area contributed by atoms with Crippen LogP contribution in [0.5, 0.6) is 0 Å². The summed E-state index contributed by atoms with van der Waals surface area (Å²) in [6.45, 7) is 4.37. The van der Waals surface area contributed by atoms with Crippen molar-refractivity contribution in [3.63, 3.8) is 0 Å². The SMILES string of the molecule is CCCCCCNS(=O)(=O)c1cc(CO)ccc1CC.